The Morgan fingerprint density at radius 1 is 1.21 bits per heavy atom. The lowest BCUT2D eigenvalue weighted by Gasteiger charge is -2.13. The summed E-state index contributed by atoms with van der Waals surface area (Å²) in [5, 5.41) is 3.24. The molecular weight excluding hydrogens is 407 g/mol. The Hall–Kier alpha value is -3.10. The van der Waals surface area contributed by atoms with Crippen LogP contribution in [0, 0.1) is 0 Å². The number of halogens is 2. The van der Waals surface area contributed by atoms with E-state index in [-0.39, 0.29) is 17.4 Å². The van der Waals surface area contributed by atoms with Gasteiger partial charge in [-0.05, 0) is 18.2 Å². The van der Waals surface area contributed by atoms with Crippen molar-refractivity contribution in [1.29, 1.82) is 0 Å². The second-order valence-electron chi connectivity index (χ2n) is 5.71. The lowest BCUT2D eigenvalue weighted by molar-refractivity contribution is -0.116. The number of ether oxygens (including phenoxy) is 1. The normalized spacial score (nSPS) is 10.5. The van der Waals surface area contributed by atoms with E-state index in [1.807, 2.05) is 0 Å². The van der Waals surface area contributed by atoms with Gasteiger partial charge in [0.2, 0.25) is 11.8 Å². The Bertz CT molecular complexity index is 1160. The van der Waals surface area contributed by atoms with Gasteiger partial charge in [0.05, 0.1) is 10.7 Å². The van der Waals surface area contributed by atoms with Crippen molar-refractivity contribution < 1.29 is 9.53 Å². The van der Waals surface area contributed by atoms with Gasteiger partial charge in [0.15, 0.2) is 5.75 Å². The number of rotatable bonds is 5. The van der Waals surface area contributed by atoms with E-state index in [1.54, 1.807) is 24.3 Å². The van der Waals surface area contributed by atoms with Crippen LogP contribution in [0.5, 0.6) is 11.6 Å². The topological polar surface area (TPSA) is 95.2 Å². The number of pyridine rings is 1. The van der Waals surface area contributed by atoms with Crippen molar-refractivity contribution in [3.05, 3.63) is 79.7 Å². The summed E-state index contributed by atoms with van der Waals surface area (Å²) in [7, 11) is 1.34. The van der Waals surface area contributed by atoms with E-state index in [4.69, 9.17) is 27.9 Å². The molecule has 0 radical (unpaired) electrons. The molecule has 0 bridgehead atoms. The molecule has 0 spiro atoms. The van der Waals surface area contributed by atoms with Crippen LogP contribution in [0.3, 0.4) is 0 Å². The maximum Gasteiger partial charge on any atom is 0.331 e. The van der Waals surface area contributed by atoms with Crippen LogP contribution in [0.15, 0.2) is 58.4 Å². The van der Waals surface area contributed by atoms with E-state index in [2.05, 4.69) is 10.3 Å². The summed E-state index contributed by atoms with van der Waals surface area (Å²) in [4.78, 5) is 39.9. The minimum Gasteiger partial charge on any atom is -0.435 e. The Kier molecular flexibility index (Phi) is 5.81. The van der Waals surface area contributed by atoms with Gasteiger partial charge in [-0.25, -0.2) is 9.78 Å². The second kappa shape index (κ2) is 8.28. The maximum atomic E-state index is 12.4. The first-order valence-corrected chi connectivity index (χ1v) is 8.75. The van der Waals surface area contributed by atoms with Crippen LogP contribution < -0.4 is 21.3 Å². The summed E-state index contributed by atoms with van der Waals surface area (Å²) in [5.74, 6) is -0.0469. The van der Waals surface area contributed by atoms with E-state index >= 15 is 0 Å². The third-order valence-electron chi connectivity index (χ3n) is 3.72. The smallest absolute Gasteiger partial charge is 0.331 e. The highest BCUT2D eigenvalue weighted by Gasteiger charge is 2.13. The lowest BCUT2D eigenvalue weighted by Crippen LogP contribution is -2.38. The van der Waals surface area contributed by atoms with E-state index in [1.165, 1.54) is 31.6 Å². The summed E-state index contributed by atoms with van der Waals surface area (Å²) in [6.07, 6.45) is 2.65. The maximum absolute atomic E-state index is 12.4. The highest BCUT2D eigenvalue weighted by atomic mass is 35.5. The van der Waals surface area contributed by atoms with Crippen molar-refractivity contribution >= 4 is 34.8 Å². The fourth-order valence-electron chi connectivity index (χ4n) is 2.32. The number of hydrogen-bond acceptors (Lipinski definition) is 5. The average molecular weight is 421 g/mol. The van der Waals surface area contributed by atoms with Crippen LogP contribution in [0.1, 0.15) is 0 Å². The standard InChI is InChI=1S/C18H14Cl2N4O4/c1-23-16(26)6-7-24(18(23)27)10-15(25)22-13-4-2-3-5-14(13)28-17-12(20)8-11(19)9-21-17/h2-9H,10H2,1H3,(H,22,25). The number of amides is 1. The molecule has 0 aliphatic heterocycles. The van der Waals surface area contributed by atoms with E-state index in [0.717, 1.165) is 9.13 Å². The molecule has 8 nitrogen and oxygen atoms in total. The van der Waals surface area contributed by atoms with Gasteiger partial charge >= 0.3 is 5.69 Å². The minimum atomic E-state index is -0.593. The van der Waals surface area contributed by atoms with Gasteiger partial charge in [0.1, 0.15) is 11.6 Å². The van der Waals surface area contributed by atoms with E-state index in [0.29, 0.717) is 16.5 Å². The number of anilines is 1. The Balaban J connectivity index is 1.80. The lowest BCUT2D eigenvalue weighted by atomic mass is 10.3. The first-order chi connectivity index (χ1) is 13.3. The van der Waals surface area contributed by atoms with Gasteiger partial charge in [-0.2, -0.15) is 0 Å². The van der Waals surface area contributed by atoms with Gasteiger partial charge in [0, 0.05) is 25.5 Å². The molecule has 3 rings (SSSR count). The van der Waals surface area contributed by atoms with Crippen molar-refractivity contribution in [3.63, 3.8) is 0 Å². The first-order valence-electron chi connectivity index (χ1n) is 7.99. The number of carbonyl (C=O) groups is 1. The molecule has 10 heteroatoms. The van der Waals surface area contributed by atoms with Gasteiger partial charge in [0.25, 0.3) is 5.56 Å². The summed E-state index contributed by atoms with van der Waals surface area (Å²) >= 11 is 11.9. The molecule has 1 aromatic carbocycles. The van der Waals surface area contributed by atoms with Crippen molar-refractivity contribution in [3.8, 4) is 11.6 Å². The van der Waals surface area contributed by atoms with Crippen LogP contribution >= 0.6 is 23.2 Å². The zero-order valence-corrected chi connectivity index (χ0v) is 16.1. The number of carbonyl (C=O) groups excluding carboxylic acids is 1. The number of nitrogens with zero attached hydrogens (tertiary/aromatic N) is 3. The zero-order chi connectivity index (χ0) is 20.3. The largest absolute Gasteiger partial charge is 0.435 e. The summed E-state index contributed by atoms with van der Waals surface area (Å²) in [5.41, 5.74) is -0.685. The number of para-hydroxylation sites is 2. The molecule has 2 aromatic heterocycles. The zero-order valence-electron chi connectivity index (χ0n) is 14.6. The van der Waals surface area contributed by atoms with Crippen LogP contribution in [0.2, 0.25) is 10.0 Å². The number of aromatic nitrogens is 3. The number of nitrogens with one attached hydrogen (secondary N) is 1. The van der Waals surface area contributed by atoms with Crippen LogP contribution in [-0.2, 0) is 18.4 Å². The molecule has 0 saturated carbocycles. The molecule has 0 fully saturated rings. The van der Waals surface area contributed by atoms with E-state index < -0.39 is 17.2 Å². The summed E-state index contributed by atoms with van der Waals surface area (Å²) in [6.45, 7) is -0.277. The van der Waals surface area contributed by atoms with Crippen molar-refractivity contribution in [2.24, 2.45) is 7.05 Å². The Morgan fingerprint density at radius 2 is 1.96 bits per heavy atom. The van der Waals surface area contributed by atoms with Crippen LogP contribution in [-0.4, -0.2) is 20.0 Å². The van der Waals surface area contributed by atoms with Gasteiger partial charge in [-0.3, -0.25) is 18.7 Å². The van der Waals surface area contributed by atoms with Gasteiger partial charge < -0.3 is 10.1 Å². The molecule has 1 amide bonds. The summed E-state index contributed by atoms with van der Waals surface area (Å²) in [6, 6.07) is 9.36. The van der Waals surface area contributed by atoms with Gasteiger partial charge in [-0.1, -0.05) is 35.3 Å². The molecule has 0 unspecified atom stereocenters. The average Bonchev–Trinajstić information content (AvgIpc) is 2.66. The fourth-order valence-corrected chi connectivity index (χ4v) is 2.74. The molecule has 0 aliphatic carbocycles. The molecule has 2 heterocycles. The van der Waals surface area contributed by atoms with E-state index in [9.17, 15) is 14.4 Å². The van der Waals surface area contributed by atoms with Crippen molar-refractivity contribution in [2.75, 3.05) is 5.32 Å². The second-order valence-corrected chi connectivity index (χ2v) is 6.55. The molecule has 1 N–H and O–H groups in total. The predicted octanol–water partition coefficient (Wildman–Crippen LogP) is 2.68. The Labute approximate surface area is 168 Å². The third kappa shape index (κ3) is 4.41. The minimum absolute atomic E-state index is 0.127. The van der Waals surface area contributed by atoms with Gasteiger partial charge in [-0.15, -0.1) is 0 Å². The van der Waals surface area contributed by atoms with Crippen molar-refractivity contribution in [1.82, 2.24) is 14.1 Å². The molecule has 28 heavy (non-hydrogen) atoms. The van der Waals surface area contributed by atoms with Crippen LogP contribution in [0.25, 0.3) is 0 Å². The van der Waals surface area contributed by atoms with Crippen LogP contribution in [0.4, 0.5) is 5.69 Å². The fraction of sp³-hybridized carbons (Fsp3) is 0.111. The molecule has 144 valence electrons. The number of hydrogen-bond donors (Lipinski definition) is 1. The first kappa shape index (κ1) is 19.7. The molecule has 3 aromatic rings. The Morgan fingerprint density at radius 3 is 2.71 bits per heavy atom. The highest BCUT2D eigenvalue weighted by Crippen LogP contribution is 2.33. The quantitative estimate of drug-likeness (QED) is 0.684. The summed E-state index contributed by atoms with van der Waals surface area (Å²) < 4.78 is 7.71. The number of benzene rings is 1. The monoisotopic (exact) mass is 420 g/mol. The molecule has 0 saturated heterocycles. The highest BCUT2D eigenvalue weighted by molar-refractivity contribution is 6.35. The third-order valence-corrected chi connectivity index (χ3v) is 4.19. The van der Waals surface area contributed by atoms with Crippen molar-refractivity contribution in [2.45, 2.75) is 6.54 Å². The predicted molar refractivity (Wildman–Crippen MR) is 105 cm³/mol. The molecule has 0 atom stereocenters. The molecule has 0 aliphatic rings. The SMILES string of the molecule is Cn1c(=O)ccn(CC(=O)Nc2ccccc2Oc2ncc(Cl)cc2Cl)c1=O. The molecular formula is C18H14Cl2N4O4.